The molecule has 4 heteroatoms. The first-order valence-corrected chi connectivity index (χ1v) is 5.27. The molecule has 0 radical (unpaired) electrons. The minimum atomic E-state index is -1.20. The van der Waals surface area contributed by atoms with Gasteiger partial charge in [-0.25, -0.2) is 4.21 Å². The molecule has 0 N–H and O–H groups in total. The Bertz CT molecular complexity index is 200. The molecule has 0 rings (SSSR count). The van der Waals surface area contributed by atoms with E-state index in [0.717, 1.165) is 0 Å². The van der Waals surface area contributed by atoms with E-state index in [0.29, 0.717) is 0 Å². The van der Waals surface area contributed by atoms with Crippen LogP contribution in [-0.2, 0) is 11.0 Å². The van der Waals surface area contributed by atoms with Crippen LogP contribution in [0.2, 0.25) is 0 Å². The monoisotopic (exact) mass is 209 g/mol. The molecule has 0 aliphatic carbocycles. The van der Waals surface area contributed by atoms with Crippen molar-refractivity contribution >= 4 is 28.8 Å². The summed E-state index contributed by atoms with van der Waals surface area (Å²) in [7, 11) is -1.20. The molecule has 0 amide bonds. The van der Waals surface area contributed by atoms with Crippen LogP contribution in [0.4, 0.5) is 0 Å². The van der Waals surface area contributed by atoms with Gasteiger partial charge in [0.05, 0.1) is 9.62 Å². The molecule has 0 bridgehead atoms. The van der Waals surface area contributed by atoms with Gasteiger partial charge in [-0.1, -0.05) is 0 Å². The largest absolute Gasteiger partial charge is 0.234 e. The number of nitrogens with zero attached hydrogens (tertiary/aromatic N) is 1. The second-order valence-electron chi connectivity index (χ2n) is 4.16. The van der Waals surface area contributed by atoms with E-state index in [-0.39, 0.29) is 4.75 Å². The van der Waals surface area contributed by atoms with Gasteiger partial charge >= 0.3 is 0 Å². The number of rotatable bonds is 2. The summed E-state index contributed by atoms with van der Waals surface area (Å²) in [4.78, 5) is -0.513. The molecule has 0 aromatic rings. The fraction of sp³-hybridized carbons (Fsp3) is 0.875. The van der Waals surface area contributed by atoms with Crippen molar-refractivity contribution in [2.45, 2.75) is 44.2 Å². The van der Waals surface area contributed by atoms with Crippen LogP contribution in [0.15, 0.2) is 4.40 Å². The zero-order chi connectivity index (χ0) is 9.99. The molecule has 72 valence electrons. The fourth-order valence-electron chi connectivity index (χ4n) is 0.331. The Morgan fingerprint density at radius 2 is 1.67 bits per heavy atom. The molecule has 0 saturated carbocycles. The fourth-order valence-corrected chi connectivity index (χ4v) is 1.11. The van der Waals surface area contributed by atoms with Crippen LogP contribution in [0.5, 0.6) is 0 Å². The van der Waals surface area contributed by atoms with Crippen molar-refractivity contribution in [1.29, 1.82) is 0 Å². The average Bonchev–Trinajstić information content (AvgIpc) is 1.78. The van der Waals surface area contributed by atoms with Gasteiger partial charge in [0.1, 0.15) is 11.0 Å². The normalized spacial score (nSPS) is 16.8. The predicted molar refractivity (Wildman–Crippen MR) is 56.3 cm³/mol. The molecule has 0 aliphatic rings. The summed E-state index contributed by atoms with van der Waals surface area (Å²) in [5.74, 6) is 0. The van der Waals surface area contributed by atoms with Crippen LogP contribution in [0.1, 0.15) is 34.6 Å². The van der Waals surface area contributed by atoms with E-state index in [9.17, 15) is 4.21 Å². The van der Waals surface area contributed by atoms with Crippen LogP contribution in [-0.4, -0.2) is 20.0 Å². The summed E-state index contributed by atoms with van der Waals surface area (Å²) in [6.45, 7) is 9.24. The topological polar surface area (TPSA) is 29.4 Å². The van der Waals surface area contributed by atoms with E-state index < -0.39 is 15.9 Å². The van der Waals surface area contributed by atoms with Crippen molar-refractivity contribution in [2.75, 3.05) is 0 Å². The lowest BCUT2D eigenvalue weighted by Crippen LogP contribution is -2.21. The van der Waals surface area contributed by atoms with Crippen LogP contribution >= 0.6 is 11.6 Å². The lowest BCUT2D eigenvalue weighted by molar-refractivity contribution is 0.650. The quantitative estimate of drug-likeness (QED) is 0.508. The van der Waals surface area contributed by atoms with Crippen LogP contribution in [0.3, 0.4) is 0 Å². The average molecular weight is 210 g/mol. The Kier molecular flexibility index (Phi) is 3.91. The Morgan fingerprint density at radius 1 is 1.25 bits per heavy atom. The minimum Gasteiger partial charge on any atom is -0.234 e. The van der Waals surface area contributed by atoms with Crippen molar-refractivity contribution < 1.29 is 4.21 Å². The van der Waals surface area contributed by atoms with Gasteiger partial charge in [0.15, 0.2) is 0 Å². The third kappa shape index (κ3) is 5.72. The van der Waals surface area contributed by atoms with E-state index in [1.807, 2.05) is 20.8 Å². The molecule has 0 aromatic carbocycles. The van der Waals surface area contributed by atoms with Crippen molar-refractivity contribution in [3.63, 3.8) is 0 Å². The molecule has 2 nitrogen and oxygen atoms in total. The predicted octanol–water partition coefficient (Wildman–Crippen LogP) is 2.54. The van der Waals surface area contributed by atoms with Crippen molar-refractivity contribution in [3.8, 4) is 0 Å². The number of hydrogen-bond acceptors (Lipinski definition) is 1. The molecule has 0 saturated heterocycles. The van der Waals surface area contributed by atoms with E-state index in [1.165, 1.54) is 6.21 Å². The standard InChI is InChI=1S/C8H16ClNOS/c1-7(2,3)12(11)10-6-8(4,5)9/h6H,1-5H3. The summed E-state index contributed by atoms with van der Waals surface area (Å²) in [6, 6.07) is 0. The molecule has 0 aliphatic heterocycles. The zero-order valence-corrected chi connectivity index (χ0v) is 9.79. The summed E-state index contributed by atoms with van der Waals surface area (Å²) < 4.78 is 14.9. The lowest BCUT2D eigenvalue weighted by atomic mass is 10.2. The third-order valence-corrected chi connectivity index (χ3v) is 2.42. The number of alkyl halides is 1. The summed E-state index contributed by atoms with van der Waals surface area (Å²) in [5.41, 5.74) is 0. The second kappa shape index (κ2) is 3.88. The molecule has 1 unspecified atom stereocenters. The molecule has 1 atom stereocenters. The first-order chi connectivity index (χ1) is 5.13. The van der Waals surface area contributed by atoms with E-state index >= 15 is 0 Å². The Balaban J connectivity index is 4.30. The van der Waals surface area contributed by atoms with E-state index in [2.05, 4.69) is 4.40 Å². The SMILES string of the molecule is CC(C)(Cl)C=NS(=O)C(C)(C)C. The van der Waals surface area contributed by atoms with Crippen molar-refractivity contribution in [2.24, 2.45) is 4.40 Å². The maximum absolute atomic E-state index is 11.4. The summed E-state index contributed by atoms with van der Waals surface area (Å²) in [6.07, 6.45) is 1.52. The van der Waals surface area contributed by atoms with Gasteiger partial charge in [0, 0.05) is 6.21 Å². The van der Waals surface area contributed by atoms with Crippen molar-refractivity contribution in [1.82, 2.24) is 0 Å². The maximum Gasteiger partial charge on any atom is 0.144 e. The first kappa shape index (κ1) is 12.1. The summed E-state index contributed by atoms with van der Waals surface area (Å²) >= 11 is 5.84. The van der Waals surface area contributed by atoms with Crippen LogP contribution < -0.4 is 0 Å². The van der Waals surface area contributed by atoms with Gasteiger partial charge in [-0.15, -0.1) is 11.6 Å². The Morgan fingerprint density at radius 3 is 1.92 bits per heavy atom. The molecular weight excluding hydrogens is 194 g/mol. The van der Waals surface area contributed by atoms with Crippen molar-refractivity contribution in [3.05, 3.63) is 0 Å². The van der Waals surface area contributed by atoms with E-state index in [4.69, 9.17) is 11.6 Å². The maximum atomic E-state index is 11.4. The Labute approximate surface area is 82.0 Å². The van der Waals surface area contributed by atoms with Crippen LogP contribution in [0.25, 0.3) is 0 Å². The van der Waals surface area contributed by atoms with Gasteiger partial charge in [0.2, 0.25) is 0 Å². The second-order valence-corrected chi connectivity index (χ2v) is 7.07. The van der Waals surface area contributed by atoms with Gasteiger partial charge < -0.3 is 0 Å². The highest BCUT2D eigenvalue weighted by Gasteiger charge is 2.19. The van der Waals surface area contributed by atoms with Crippen LogP contribution in [0, 0.1) is 0 Å². The molecular formula is C8H16ClNOS. The van der Waals surface area contributed by atoms with Gasteiger partial charge in [-0.3, -0.25) is 0 Å². The Hall–Kier alpha value is 0.110. The molecule has 0 aromatic heterocycles. The zero-order valence-electron chi connectivity index (χ0n) is 8.22. The molecule has 0 heterocycles. The summed E-state index contributed by atoms with van der Waals surface area (Å²) in [5, 5.41) is 0. The lowest BCUT2D eigenvalue weighted by Gasteiger charge is -2.14. The highest BCUT2D eigenvalue weighted by molar-refractivity contribution is 7.85. The van der Waals surface area contributed by atoms with Gasteiger partial charge in [-0.05, 0) is 34.6 Å². The molecule has 0 spiro atoms. The highest BCUT2D eigenvalue weighted by Crippen LogP contribution is 2.14. The van der Waals surface area contributed by atoms with Gasteiger partial charge in [-0.2, -0.15) is 4.40 Å². The molecule has 12 heavy (non-hydrogen) atoms. The van der Waals surface area contributed by atoms with Gasteiger partial charge in [0.25, 0.3) is 0 Å². The smallest absolute Gasteiger partial charge is 0.144 e. The third-order valence-electron chi connectivity index (χ3n) is 0.979. The number of hydrogen-bond donors (Lipinski definition) is 0. The first-order valence-electron chi connectivity index (χ1n) is 3.79. The van der Waals surface area contributed by atoms with E-state index in [1.54, 1.807) is 13.8 Å². The highest BCUT2D eigenvalue weighted by atomic mass is 35.5. The number of halogens is 1. The molecule has 0 fully saturated rings. The minimum absolute atomic E-state index is 0.307.